The number of aliphatic hydroxyl groups is 1. The smallest absolute Gasteiger partial charge is 0.335 e. The fourth-order valence-electron chi connectivity index (χ4n) is 3.73. The predicted molar refractivity (Wildman–Crippen MR) is 120 cm³/mol. The van der Waals surface area contributed by atoms with E-state index in [2.05, 4.69) is 0 Å². The fraction of sp³-hybridized carbons (Fsp3) is 0.0385. The maximum atomic E-state index is 14.1. The van der Waals surface area contributed by atoms with Gasteiger partial charge in [-0.05, 0) is 47.5 Å². The minimum Gasteiger partial charge on any atom is -0.503 e. The number of halogens is 1. The van der Waals surface area contributed by atoms with Crippen molar-refractivity contribution in [3.63, 3.8) is 0 Å². The SMILES string of the molecule is O=C(/C=C/c1ccccc1)C1=C(O)C(=O)N(c2cccc(C(=O)O)c2)C1c1cccc(F)c1. The Morgan fingerprint density at radius 2 is 1.67 bits per heavy atom. The zero-order valence-electron chi connectivity index (χ0n) is 17.2. The summed E-state index contributed by atoms with van der Waals surface area (Å²) in [5.74, 6) is -4.07. The van der Waals surface area contributed by atoms with Crippen LogP contribution >= 0.6 is 0 Å². The van der Waals surface area contributed by atoms with E-state index in [1.807, 2.05) is 6.07 Å². The molecule has 1 aliphatic rings. The molecule has 6 nitrogen and oxygen atoms in total. The van der Waals surface area contributed by atoms with E-state index in [9.17, 15) is 29.0 Å². The summed E-state index contributed by atoms with van der Waals surface area (Å²) in [7, 11) is 0. The lowest BCUT2D eigenvalue weighted by Crippen LogP contribution is -2.31. The second-order valence-electron chi connectivity index (χ2n) is 7.36. The van der Waals surface area contributed by atoms with E-state index < -0.39 is 35.3 Å². The quantitative estimate of drug-likeness (QED) is 0.538. The number of benzene rings is 3. The molecule has 1 unspecified atom stereocenters. The molecule has 3 aromatic rings. The van der Waals surface area contributed by atoms with E-state index in [1.165, 1.54) is 54.6 Å². The summed E-state index contributed by atoms with van der Waals surface area (Å²) >= 11 is 0. The average Bonchev–Trinajstić information content (AvgIpc) is 3.09. The fourth-order valence-corrected chi connectivity index (χ4v) is 3.73. The minimum absolute atomic E-state index is 0.0819. The molecular formula is C26H18FNO5. The van der Waals surface area contributed by atoms with Gasteiger partial charge in [-0.2, -0.15) is 0 Å². The molecule has 1 amide bonds. The molecule has 0 bridgehead atoms. The monoisotopic (exact) mass is 443 g/mol. The van der Waals surface area contributed by atoms with Crippen molar-refractivity contribution in [1.82, 2.24) is 0 Å². The first-order valence-corrected chi connectivity index (χ1v) is 10.00. The number of allylic oxidation sites excluding steroid dienone is 1. The van der Waals surface area contributed by atoms with Gasteiger partial charge >= 0.3 is 5.97 Å². The number of ketones is 1. The van der Waals surface area contributed by atoms with Gasteiger partial charge in [0.15, 0.2) is 11.5 Å². The van der Waals surface area contributed by atoms with E-state index >= 15 is 0 Å². The second-order valence-corrected chi connectivity index (χ2v) is 7.36. The lowest BCUT2D eigenvalue weighted by Gasteiger charge is -2.27. The number of aromatic carboxylic acids is 1. The van der Waals surface area contributed by atoms with Gasteiger partial charge in [0.2, 0.25) is 0 Å². The van der Waals surface area contributed by atoms with E-state index in [4.69, 9.17) is 0 Å². The number of hydrogen-bond donors (Lipinski definition) is 2. The Kier molecular flexibility index (Phi) is 5.87. The van der Waals surface area contributed by atoms with Crippen molar-refractivity contribution < 1.29 is 29.0 Å². The van der Waals surface area contributed by atoms with Gasteiger partial charge < -0.3 is 10.2 Å². The van der Waals surface area contributed by atoms with E-state index in [1.54, 1.807) is 30.3 Å². The summed E-state index contributed by atoms with van der Waals surface area (Å²) < 4.78 is 14.1. The summed E-state index contributed by atoms with van der Waals surface area (Å²) in [6, 6.07) is 18.7. The number of carboxylic acid groups (broad SMARTS) is 1. The van der Waals surface area contributed by atoms with Gasteiger partial charge in [-0.1, -0.05) is 54.6 Å². The number of carboxylic acids is 1. The molecule has 33 heavy (non-hydrogen) atoms. The molecule has 7 heteroatoms. The Balaban J connectivity index is 1.82. The third-order valence-electron chi connectivity index (χ3n) is 5.24. The van der Waals surface area contributed by atoms with Crippen LogP contribution in [0.25, 0.3) is 6.08 Å². The molecule has 1 aliphatic heterocycles. The van der Waals surface area contributed by atoms with Gasteiger partial charge in [-0.15, -0.1) is 0 Å². The average molecular weight is 443 g/mol. The molecule has 3 aromatic carbocycles. The first-order chi connectivity index (χ1) is 15.9. The maximum absolute atomic E-state index is 14.1. The van der Waals surface area contributed by atoms with Crippen LogP contribution in [0.4, 0.5) is 10.1 Å². The normalized spacial score (nSPS) is 16.0. The van der Waals surface area contributed by atoms with E-state index in [-0.39, 0.29) is 22.4 Å². The van der Waals surface area contributed by atoms with Crippen molar-refractivity contribution in [3.8, 4) is 0 Å². The van der Waals surface area contributed by atoms with Crippen LogP contribution in [0.1, 0.15) is 27.5 Å². The van der Waals surface area contributed by atoms with Crippen LogP contribution in [0.3, 0.4) is 0 Å². The molecule has 1 heterocycles. The predicted octanol–water partition coefficient (Wildman–Crippen LogP) is 4.71. The largest absolute Gasteiger partial charge is 0.503 e. The summed E-state index contributed by atoms with van der Waals surface area (Å²) in [5.41, 5.74) is 0.837. The highest BCUT2D eigenvalue weighted by Crippen LogP contribution is 2.41. The van der Waals surface area contributed by atoms with Crippen molar-refractivity contribution in [3.05, 3.63) is 119 Å². The highest BCUT2D eigenvalue weighted by atomic mass is 19.1. The second kappa shape index (κ2) is 8.92. The number of carbonyl (C=O) groups is 3. The van der Waals surface area contributed by atoms with Gasteiger partial charge in [0.1, 0.15) is 5.82 Å². The van der Waals surface area contributed by atoms with Crippen molar-refractivity contribution in [2.24, 2.45) is 0 Å². The van der Waals surface area contributed by atoms with Crippen molar-refractivity contribution in [1.29, 1.82) is 0 Å². The molecule has 0 saturated carbocycles. The van der Waals surface area contributed by atoms with Crippen LogP contribution in [-0.2, 0) is 9.59 Å². The molecule has 164 valence electrons. The summed E-state index contributed by atoms with van der Waals surface area (Å²) in [6.45, 7) is 0. The third kappa shape index (κ3) is 4.29. The Morgan fingerprint density at radius 3 is 2.36 bits per heavy atom. The number of carbonyl (C=O) groups excluding carboxylic acids is 2. The van der Waals surface area contributed by atoms with Crippen molar-refractivity contribution >= 4 is 29.4 Å². The molecule has 4 rings (SSSR count). The van der Waals surface area contributed by atoms with Crippen molar-refractivity contribution in [2.75, 3.05) is 4.90 Å². The standard InChI is InChI=1S/C26H18FNO5/c27-19-10-4-8-17(14-19)23-22(21(29)13-12-16-6-2-1-3-7-16)24(30)25(31)28(23)20-11-5-9-18(15-20)26(32)33/h1-15,23,30H,(H,32,33)/b13-12+. The molecule has 0 aromatic heterocycles. The third-order valence-corrected chi connectivity index (χ3v) is 5.24. The van der Waals surface area contributed by atoms with Gasteiger partial charge in [0, 0.05) is 5.69 Å². The summed E-state index contributed by atoms with van der Waals surface area (Å²) in [4.78, 5) is 38.7. The first kappa shape index (κ1) is 21.7. The molecule has 1 atom stereocenters. The molecular weight excluding hydrogens is 425 g/mol. The van der Waals surface area contributed by atoms with Crippen LogP contribution in [0, 0.1) is 5.82 Å². The molecule has 2 N–H and O–H groups in total. The Bertz CT molecular complexity index is 1310. The van der Waals surface area contributed by atoms with Crippen LogP contribution < -0.4 is 4.90 Å². The molecule has 0 saturated heterocycles. The number of aliphatic hydroxyl groups excluding tert-OH is 1. The highest BCUT2D eigenvalue weighted by molar-refractivity contribution is 6.20. The van der Waals surface area contributed by atoms with E-state index in [0.29, 0.717) is 0 Å². The van der Waals surface area contributed by atoms with Crippen LogP contribution in [0.2, 0.25) is 0 Å². The first-order valence-electron chi connectivity index (χ1n) is 10.00. The minimum atomic E-state index is -1.20. The summed E-state index contributed by atoms with van der Waals surface area (Å²) in [5, 5.41) is 20.0. The van der Waals surface area contributed by atoms with Crippen LogP contribution in [0.15, 0.2) is 96.3 Å². The van der Waals surface area contributed by atoms with Crippen LogP contribution in [-0.4, -0.2) is 27.9 Å². The maximum Gasteiger partial charge on any atom is 0.335 e. The molecule has 0 spiro atoms. The van der Waals surface area contributed by atoms with Gasteiger partial charge in [-0.25, -0.2) is 9.18 Å². The molecule has 0 aliphatic carbocycles. The van der Waals surface area contributed by atoms with Gasteiger partial charge in [0.25, 0.3) is 5.91 Å². The molecule has 0 radical (unpaired) electrons. The highest BCUT2D eigenvalue weighted by Gasteiger charge is 2.44. The Morgan fingerprint density at radius 1 is 0.939 bits per heavy atom. The zero-order valence-corrected chi connectivity index (χ0v) is 17.2. The lowest BCUT2D eigenvalue weighted by molar-refractivity contribution is -0.117. The topological polar surface area (TPSA) is 94.9 Å². The Hall–Kier alpha value is -4.52. The number of nitrogens with zero attached hydrogens (tertiary/aromatic N) is 1. The summed E-state index contributed by atoms with van der Waals surface area (Å²) in [6.07, 6.45) is 2.78. The number of hydrogen-bond acceptors (Lipinski definition) is 4. The van der Waals surface area contributed by atoms with Gasteiger partial charge in [-0.3, -0.25) is 14.5 Å². The zero-order chi connectivity index (χ0) is 23.5. The number of amides is 1. The lowest BCUT2D eigenvalue weighted by atomic mass is 9.95. The van der Waals surface area contributed by atoms with E-state index in [0.717, 1.165) is 10.5 Å². The molecule has 0 fully saturated rings. The number of rotatable bonds is 6. The Labute approximate surface area is 188 Å². The van der Waals surface area contributed by atoms with Gasteiger partial charge in [0.05, 0.1) is 17.2 Å². The van der Waals surface area contributed by atoms with Crippen LogP contribution in [0.5, 0.6) is 0 Å². The van der Waals surface area contributed by atoms with Crippen molar-refractivity contribution in [2.45, 2.75) is 6.04 Å². The number of anilines is 1.